The number of thiophene rings is 1. The van der Waals surface area contributed by atoms with Crippen molar-refractivity contribution in [2.75, 3.05) is 5.75 Å². The molecule has 0 atom stereocenters. The first-order valence-electron chi connectivity index (χ1n) is 10.6. The van der Waals surface area contributed by atoms with E-state index in [9.17, 15) is 9.18 Å². The molecular weight excluding hydrogens is 429 g/mol. The molecule has 7 heteroatoms. The number of aromatic nitrogens is 3. The highest BCUT2D eigenvalue weighted by molar-refractivity contribution is 8.00. The van der Waals surface area contributed by atoms with Crippen molar-refractivity contribution in [3.63, 3.8) is 0 Å². The number of halogens is 1. The van der Waals surface area contributed by atoms with E-state index >= 15 is 0 Å². The Morgan fingerprint density at radius 2 is 1.90 bits per heavy atom. The van der Waals surface area contributed by atoms with Crippen LogP contribution in [0.4, 0.5) is 4.39 Å². The third kappa shape index (κ3) is 3.85. The smallest absolute Gasteiger partial charge is 0.173 e. The first-order valence-corrected chi connectivity index (χ1v) is 12.4. The van der Waals surface area contributed by atoms with E-state index < -0.39 is 0 Å². The van der Waals surface area contributed by atoms with Crippen LogP contribution in [0, 0.1) is 5.82 Å². The van der Waals surface area contributed by atoms with Crippen LogP contribution in [0.3, 0.4) is 0 Å². The van der Waals surface area contributed by atoms with Crippen molar-refractivity contribution in [3.8, 4) is 0 Å². The molecule has 3 aromatic heterocycles. The lowest BCUT2D eigenvalue weighted by Gasteiger charge is -2.19. The van der Waals surface area contributed by atoms with Crippen LogP contribution in [0.25, 0.3) is 20.4 Å². The fraction of sp³-hybridized carbons (Fsp3) is 0.333. The number of hydrogen-bond donors (Lipinski definition) is 0. The van der Waals surface area contributed by atoms with Crippen LogP contribution in [-0.4, -0.2) is 26.5 Å². The van der Waals surface area contributed by atoms with E-state index in [2.05, 4.69) is 16.9 Å². The van der Waals surface area contributed by atoms with Gasteiger partial charge in [0.05, 0.1) is 16.0 Å². The quantitative estimate of drug-likeness (QED) is 0.199. The van der Waals surface area contributed by atoms with Crippen LogP contribution in [0.2, 0.25) is 0 Å². The van der Waals surface area contributed by atoms with Crippen LogP contribution < -0.4 is 0 Å². The molecule has 0 aliphatic heterocycles. The van der Waals surface area contributed by atoms with Crippen molar-refractivity contribution in [2.45, 2.75) is 50.5 Å². The van der Waals surface area contributed by atoms with Gasteiger partial charge < -0.3 is 0 Å². The molecule has 0 spiro atoms. The number of pyridine rings is 1. The van der Waals surface area contributed by atoms with E-state index in [1.807, 2.05) is 0 Å². The molecule has 4 aromatic rings. The molecule has 0 amide bonds. The first-order chi connectivity index (χ1) is 15.2. The van der Waals surface area contributed by atoms with Gasteiger partial charge in [0.2, 0.25) is 0 Å². The lowest BCUT2D eigenvalue weighted by Crippen LogP contribution is -2.09. The van der Waals surface area contributed by atoms with Crippen LogP contribution in [0.1, 0.15) is 53.4 Å². The van der Waals surface area contributed by atoms with Crippen LogP contribution in [-0.2, 0) is 19.3 Å². The van der Waals surface area contributed by atoms with Crippen LogP contribution >= 0.6 is 23.1 Å². The van der Waals surface area contributed by atoms with Gasteiger partial charge in [-0.05, 0) is 67.5 Å². The maximum atomic E-state index is 13.1. The minimum Gasteiger partial charge on any atom is -0.293 e. The summed E-state index contributed by atoms with van der Waals surface area (Å²) < 4.78 is 14.1. The number of thioether (sulfide) groups is 1. The normalized spacial score (nSPS) is 13.6. The van der Waals surface area contributed by atoms with E-state index in [0.29, 0.717) is 5.56 Å². The van der Waals surface area contributed by atoms with Gasteiger partial charge in [-0.3, -0.25) is 4.79 Å². The highest BCUT2D eigenvalue weighted by atomic mass is 32.2. The average molecular weight is 452 g/mol. The van der Waals surface area contributed by atoms with Crippen LogP contribution in [0.5, 0.6) is 0 Å². The number of nitrogens with zero attached hydrogens (tertiary/aromatic N) is 3. The zero-order valence-electron chi connectivity index (χ0n) is 17.3. The van der Waals surface area contributed by atoms with Crippen molar-refractivity contribution in [2.24, 2.45) is 0 Å². The van der Waals surface area contributed by atoms with Crippen molar-refractivity contribution in [3.05, 3.63) is 58.8 Å². The Hall–Kier alpha value is -2.38. The standard InChI is InChI=1S/C24H22FN3OS2/c1-2-5-18-16-6-3-4-7-17(16)20-21-22(31-23(20)28-18)24(27-13-26-21)30-12-19(29)14-8-10-15(25)11-9-14/h8-11,13H,2-7,12H2,1H3. The molecule has 5 rings (SSSR count). The van der Waals surface area contributed by atoms with Crippen LogP contribution in [0.15, 0.2) is 35.6 Å². The van der Waals surface area contributed by atoms with Crippen molar-refractivity contribution in [1.29, 1.82) is 0 Å². The fourth-order valence-corrected chi connectivity index (χ4v) is 6.46. The summed E-state index contributed by atoms with van der Waals surface area (Å²) in [6, 6.07) is 5.68. The van der Waals surface area contributed by atoms with E-state index in [1.165, 1.54) is 71.1 Å². The highest BCUT2D eigenvalue weighted by Gasteiger charge is 2.23. The number of ketones is 1. The molecular formula is C24H22FN3OS2. The molecule has 0 fully saturated rings. The van der Waals surface area contributed by atoms with Gasteiger partial charge in [-0.15, -0.1) is 11.3 Å². The molecule has 31 heavy (non-hydrogen) atoms. The van der Waals surface area contributed by atoms with Crippen molar-refractivity contribution < 1.29 is 9.18 Å². The van der Waals surface area contributed by atoms with Crippen molar-refractivity contribution in [1.82, 2.24) is 15.0 Å². The summed E-state index contributed by atoms with van der Waals surface area (Å²) in [6.45, 7) is 2.20. The third-order valence-electron chi connectivity index (χ3n) is 5.77. The largest absolute Gasteiger partial charge is 0.293 e. The van der Waals surface area contributed by atoms with Crippen molar-refractivity contribution >= 4 is 49.3 Å². The Morgan fingerprint density at radius 3 is 2.68 bits per heavy atom. The number of benzene rings is 1. The Balaban J connectivity index is 1.53. The zero-order valence-corrected chi connectivity index (χ0v) is 18.9. The Morgan fingerprint density at radius 1 is 1.13 bits per heavy atom. The number of carbonyl (C=O) groups excluding carboxylic acids is 1. The molecule has 1 aromatic carbocycles. The lowest BCUT2D eigenvalue weighted by atomic mass is 9.88. The van der Waals surface area contributed by atoms with E-state index in [0.717, 1.165) is 45.8 Å². The SMILES string of the molecule is CCCc1nc2sc3c(SCC(=O)c4ccc(F)cc4)ncnc3c2c2c1CCCC2. The lowest BCUT2D eigenvalue weighted by molar-refractivity contribution is 0.102. The first kappa shape index (κ1) is 20.5. The topological polar surface area (TPSA) is 55.7 Å². The number of Topliss-reactive ketones (excluding diaryl/α,β-unsaturated/α-hetero) is 1. The fourth-order valence-electron chi connectivity index (χ4n) is 4.32. The summed E-state index contributed by atoms with van der Waals surface area (Å²) >= 11 is 3.05. The molecule has 0 radical (unpaired) electrons. The van der Waals surface area contributed by atoms with Gasteiger partial charge in [0.1, 0.15) is 22.0 Å². The molecule has 0 bridgehead atoms. The summed E-state index contributed by atoms with van der Waals surface area (Å²) in [4.78, 5) is 27.7. The van der Waals surface area contributed by atoms with Gasteiger partial charge in [0, 0.05) is 16.6 Å². The summed E-state index contributed by atoms with van der Waals surface area (Å²) in [7, 11) is 0. The Bertz CT molecular complexity index is 1280. The summed E-state index contributed by atoms with van der Waals surface area (Å²) in [6.07, 6.45) is 8.28. The maximum Gasteiger partial charge on any atom is 0.173 e. The molecule has 3 heterocycles. The van der Waals surface area contributed by atoms with Gasteiger partial charge >= 0.3 is 0 Å². The number of aryl methyl sites for hydroxylation is 2. The summed E-state index contributed by atoms with van der Waals surface area (Å²) in [5, 5.41) is 1.99. The average Bonchev–Trinajstić information content (AvgIpc) is 3.17. The molecule has 158 valence electrons. The molecule has 0 N–H and O–H groups in total. The minimum absolute atomic E-state index is 0.0430. The van der Waals surface area contributed by atoms with Gasteiger partial charge in [0.25, 0.3) is 0 Å². The molecule has 0 unspecified atom stereocenters. The molecule has 1 aliphatic carbocycles. The molecule has 1 aliphatic rings. The monoisotopic (exact) mass is 451 g/mol. The van der Waals surface area contributed by atoms with E-state index in [-0.39, 0.29) is 17.4 Å². The van der Waals surface area contributed by atoms with E-state index in [4.69, 9.17) is 4.98 Å². The summed E-state index contributed by atoms with van der Waals surface area (Å²) in [5.41, 5.74) is 5.56. The number of hydrogen-bond acceptors (Lipinski definition) is 6. The Labute approximate surface area is 188 Å². The predicted octanol–water partition coefficient (Wildman–Crippen LogP) is 6.18. The number of carbonyl (C=O) groups is 1. The van der Waals surface area contributed by atoms with Gasteiger partial charge in [0.15, 0.2) is 5.78 Å². The number of rotatable bonds is 6. The maximum absolute atomic E-state index is 13.1. The van der Waals surface area contributed by atoms with Gasteiger partial charge in [-0.25, -0.2) is 19.3 Å². The van der Waals surface area contributed by atoms with E-state index in [1.54, 1.807) is 17.7 Å². The minimum atomic E-state index is -0.342. The second-order valence-corrected chi connectivity index (χ2v) is 9.79. The molecule has 4 nitrogen and oxygen atoms in total. The third-order valence-corrected chi connectivity index (χ3v) is 7.97. The van der Waals surface area contributed by atoms with Gasteiger partial charge in [-0.1, -0.05) is 25.1 Å². The highest BCUT2D eigenvalue weighted by Crippen LogP contribution is 2.41. The number of fused-ring (bicyclic) bond motifs is 5. The molecule has 0 saturated heterocycles. The second-order valence-electron chi connectivity index (χ2n) is 7.83. The Kier molecular flexibility index (Phi) is 5.71. The summed E-state index contributed by atoms with van der Waals surface area (Å²) in [5.74, 6) is -0.137. The molecule has 0 saturated carbocycles. The second kappa shape index (κ2) is 8.63. The zero-order chi connectivity index (χ0) is 21.4. The van der Waals surface area contributed by atoms with Gasteiger partial charge in [-0.2, -0.15) is 0 Å². The predicted molar refractivity (Wildman–Crippen MR) is 125 cm³/mol.